The van der Waals surface area contributed by atoms with Crippen LogP contribution in [0.3, 0.4) is 0 Å². The Hall–Kier alpha value is -7.80. The van der Waals surface area contributed by atoms with E-state index in [-0.39, 0.29) is 53.4 Å². The second-order valence-electron chi connectivity index (χ2n) is 24.0. The number of carboxylic acids is 1. The Balaban J connectivity index is 0.000000181. The Morgan fingerprint density at radius 3 is 1.25 bits per heavy atom. The molecule has 3 amide bonds. The summed E-state index contributed by atoms with van der Waals surface area (Å²) in [5, 5.41) is 19.0. The molecule has 0 unspecified atom stereocenters. The standard InChI is InChI=1S/C27H30Cl2FN5O2.C21H20Cl2FN3O2.C18H16Cl2FN3.C6H12N2O/c28-22-12-20(13-23(29)15-22)17-35-11-7-32-25(35)18-33(16-19-2-1-3-24(30)14-19)8-6-26(36)34-9-4-21(5-10-34)27(31)37;22-17-8-16(9-18(23)11-17)13-27-7-5-25-20(27)14-26(6-4-21(28)29)12-15-2-1-3-19(24)10-15;19-15-6-14(7-16(20)9-15)12-24-5-4-23-18(24)11-22-10-13-2-1-3-17(21)8-13;7-6(9)5-1-3-8-4-2-5/h1-3,7,11-15,21H,4-6,8-10,16-18H2,(H2,31,37);1-3,5,7-11H,4,6,12-14H2,(H,28,29);1-9,22H,10-12H2;5,8H,1-4H2,(H2,7,9). The number of aromatic nitrogens is 6. The first-order chi connectivity index (χ1) is 47.5. The fourth-order valence-corrected chi connectivity index (χ4v) is 13.1. The van der Waals surface area contributed by atoms with E-state index in [1.54, 1.807) is 59.9 Å². The summed E-state index contributed by atoms with van der Waals surface area (Å²) in [6.07, 6.45) is 14.1. The van der Waals surface area contributed by atoms with Gasteiger partial charge in [0.25, 0.3) is 0 Å². The van der Waals surface area contributed by atoms with E-state index in [0.717, 1.165) is 76.8 Å². The van der Waals surface area contributed by atoms with Crippen LogP contribution in [0.5, 0.6) is 0 Å². The van der Waals surface area contributed by atoms with Gasteiger partial charge in [-0.1, -0.05) is 106 Å². The lowest BCUT2D eigenvalue weighted by Gasteiger charge is -2.31. The van der Waals surface area contributed by atoms with E-state index in [4.69, 9.17) is 86.2 Å². The van der Waals surface area contributed by atoms with Gasteiger partial charge in [0, 0.05) is 151 Å². The van der Waals surface area contributed by atoms with E-state index in [0.29, 0.717) is 134 Å². The van der Waals surface area contributed by atoms with Gasteiger partial charge in [-0.2, -0.15) is 0 Å². The largest absolute Gasteiger partial charge is 0.481 e. The quantitative estimate of drug-likeness (QED) is 0.0341. The third kappa shape index (κ3) is 26.7. The molecule has 2 fully saturated rings. The third-order valence-corrected chi connectivity index (χ3v) is 17.6. The summed E-state index contributed by atoms with van der Waals surface area (Å²) < 4.78 is 46.6. The zero-order chi connectivity index (χ0) is 70.8. The van der Waals surface area contributed by atoms with Crippen molar-refractivity contribution in [3.8, 4) is 0 Å². The number of carbonyl (C=O) groups excluding carboxylic acids is 3. The molecule has 0 bridgehead atoms. The zero-order valence-electron chi connectivity index (χ0n) is 54.3. The molecule has 18 nitrogen and oxygen atoms in total. The van der Waals surface area contributed by atoms with Crippen molar-refractivity contribution in [1.29, 1.82) is 0 Å². The number of benzene rings is 6. The minimum absolute atomic E-state index is 0.0140. The normalized spacial score (nSPS) is 13.3. The topological polar surface area (TPSA) is 228 Å². The summed E-state index contributed by atoms with van der Waals surface area (Å²) >= 11 is 36.6. The lowest BCUT2D eigenvalue weighted by molar-refractivity contribution is -0.137. The molecule has 9 aromatic rings. The molecule has 524 valence electrons. The molecule has 0 spiro atoms. The van der Waals surface area contributed by atoms with E-state index in [1.165, 1.54) is 36.4 Å². The fourth-order valence-electron chi connectivity index (χ4n) is 11.4. The van der Waals surface area contributed by atoms with Crippen LogP contribution in [0.1, 0.15) is 89.4 Å². The van der Waals surface area contributed by atoms with Gasteiger partial charge < -0.3 is 45.8 Å². The van der Waals surface area contributed by atoms with Crippen molar-refractivity contribution in [2.75, 3.05) is 39.3 Å². The maximum atomic E-state index is 13.9. The van der Waals surface area contributed by atoms with E-state index < -0.39 is 5.97 Å². The first-order valence-electron chi connectivity index (χ1n) is 32.1. The number of hydrogen-bond acceptors (Lipinski definition) is 11. The number of nitrogens with zero attached hydrogens (tertiary/aromatic N) is 9. The summed E-state index contributed by atoms with van der Waals surface area (Å²) in [4.78, 5) is 65.1. The minimum Gasteiger partial charge on any atom is -0.481 e. The Labute approximate surface area is 603 Å². The Bertz CT molecular complexity index is 4050. The second kappa shape index (κ2) is 39.3. The van der Waals surface area contributed by atoms with Crippen LogP contribution in [0.2, 0.25) is 30.1 Å². The number of halogens is 9. The van der Waals surface area contributed by atoms with Crippen molar-refractivity contribution in [2.45, 2.75) is 97.4 Å². The number of carbonyl (C=O) groups is 4. The van der Waals surface area contributed by atoms with Gasteiger partial charge in [0.2, 0.25) is 17.7 Å². The van der Waals surface area contributed by atoms with Gasteiger partial charge in [-0.05, 0) is 163 Å². The lowest BCUT2D eigenvalue weighted by atomic mass is 9.96. The summed E-state index contributed by atoms with van der Waals surface area (Å²) in [7, 11) is 0. The van der Waals surface area contributed by atoms with Crippen LogP contribution in [0, 0.1) is 29.3 Å². The molecule has 2 aliphatic heterocycles. The molecule has 0 radical (unpaired) electrons. The molecule has 7 N–H and O–H groups in total. The highest BCUT2D eigenvalue weighted by atomic mass is 35.5. The van der Waals surface area contributed by atoms with Crippen LogP contribution >= 0.6 is 69.6 Å². The van der Waals surface area contributed by atoms with Crippen LogP contribution in [-0.4, -0.2) is 111 Å². The Morgan fingerprint density at radius 1 is 0.485 bits per heavy atom. The maximum absolute atomic E-state index is 13.9. The van der Waals surface area contributed by atoms with E-state index >= 15 is 0 Å². The van der Waals surface area contributed by atoms with Gasteiger partial charge in [0.05, 0.1) is 26.1 Å². The Morgan fingerprint density at radius 2 is 0.859 bits per heavy atom. The molecular formula is C72H78Cl6F3N13O5. The van der Waals surface area contributed by atoms with Crippen LogP contribution < -0.4 is 22.1 Å². The number of amides is 3. The van der Waals surface area contributed by atoms with Crippen LogP contribution in [0.15, 0.2) is 165 Å². The maximum Gasteiger partial charge on any atom is 0.304 e. The highest BCUT2D eigenvalue weighted by molar-refractivity contribution is 6.35. The van der Waals surface area contributed by atoms with Gasteiger partial charge >= 0.3 is 5.97 Å². The first-order valence-corrected chi connectivity index (χ1v) is 34.4. The van der Waals surface area contributed by atoms with Crippen LogP contribution in [-0.2, 0) is 78.1 Å². The Kier molecular flexibility index (Phi) is 30.5. The average Bonchev–Trinajstić information content (AvgIpc) is 1.82. The number of aliphatic carboxylic acids is 1. The van der Waals surface area contributed by atoms with E-state index in [9.17, 15) is 32.3 Å². The predicted molar refractivity (Wildman–Crippen MR) is 382 cm³/mol. The number of hydrogen-bond donors (Lipinski definition) is 5. The van der Waals surface area contributed by atoms with Crippen molar-refractivity contribution in [2.24, 2.45) is 23.3 Å². The summed E-state index contributed by atoms with van der Waals surface area (Å²) in [5.74, 6) is 0.287. The van der Waals surface area contributed by atoms with Crippen LogP contribution in [0.25, 0.3) is 0 Å². The average molecular weight is 1480 g/mol. The van der Waals surface area contributed by atoms with Crippen molar-refractivity contribution >= 4 is 93.3 Å². The number of likely N-dealkylation sites (tertiary alicyclic amines) is 1. The van der Waals surface area contributed by atoms with Crippen LogP contribution in [0.4, 0.5) is 13.2 Å². The van der Waals surface area contributed by atoms with Gasteiger partial charge in [-0.25, -0.2) is 28.1 Å². The van der Waals surface area contributed by atoms with Gasteiger partial charge in [-0.15, -0.1) is 0 Å². The lowest BCUT2D eigenvalue weighted by Crippen LogP contribution is -2.42. The van der Waals surface area contributed by atoms with Gasteiger partial charge in [-0.3, -0.25) is 29.0 Å². The molecule has 0 saturated carbocycles. The molecule has 5 heterocycles. The number of carboxylic acid groups (broad SMARTS) is 1. The molecule has 6 aromatic carbocycles. The number of imidazole rings is 3. The smallest absolute Gasteiger partial charge is 0.304 e. The molecule has 27 heteroatoms. The number of nitrogens with two attached hydrogens (primary N) is 2. The number of nitrogens with one attached hydrogen (secondary N) is 2. The monoisotopic (exact) mass is 1470 g/mol. The molecule has 0 atom stereocenters. The molecule has 11 rings (SSSR count). The molecular weight excluding hydrogens is 1400 g/mol. The second-order valence-corrected chi connectivity index (χ2v) is 26.7. The zero-order valence-corrected chi connectivity index (χ0v) is 58.8. The molecule has 2 aliphatic rings. The van der Waals surface area contributed by atoms with Crippen molar-refractivity contribution in [1.82, 2.24) is 54.0 Å². The SMILES string of the molecule is Fc1cccc(CNCc2nccn2Cc2cc(Cl)cc(Cl)c2)c1.NC(=O)C1CCN(C(=O)CCN(Cc2cccc(F)c2)Cc2nccn2Cc2cc(Cl)cc(Cl)c2)CC1.NC(=O)C1CCNCC1.O=C(O)CCN(Cc1cccc(F)c1)Cc1nccn1Cc1cc(Cl)cc(Cl)c1. The highest BCUT2D eigenvalue weighted by Gasteiger charge is 2.27. The molecule has 99 heavy (non-hydrogen) atoms. The van der Waals surface area contributed by atoms with Gasteiger partial charge in [0.1, 0.15) is 34.9 Å². The van der Waals surface area contributed by atoms with Gasteiger partial charge in [0.15, 0.2) is 0 Å². The number of primary amides is 2. The van der Waals surface area contributed by atoms with E-state index in [1.807, 2.05) is 91.8 Å². The molecule has 2 saturated heterocycles. The number of piperidine rings is 2. The highest BCUT2D eigenvalue weighted by Crippen LogP contribution is 2.25. The third-order valence-electron chi connectivity index (χ3n) is 16.3. The van der Waals surface area contributed by atoms with Crippen molar-refractivity contribution in [3.05, 3.63) is 263 Å². The number of rotatable bonds is 26. The first kappa shape index (κ1) is 76.9. The minimum atomic E-state index is -0.883. The van der Waals surface area contributed by atoms with E-state index in [2.05, 4.69) is 30.5 Å². The summed E-state index contributed by atoms with van der Waals surface area (Å²) in [6, 6.07) is 35.6. The van der Waals surface area contributed by atoms with Crippen molar-refractivity contribution < 1.29 is 37.5 Å². The fraction of sp³-hybridized carbons (Fsp3) is 0.319. The summed E-state index contributed by atoms with van der Waals surface area (Å²) in [5.41, 5.74) is 15.9. The summed E-state index contributed by atoms with van der Waals surface area (Å²) in [6.45, 7) is 8.36. The molecule has 0 aliphatic carbocycles. The molecule has 3 aromatic heterocycles. The predicted octanol–water partition coefficient (Wildman–Crippen LogP) is 13.5. The van der Waals surface area contributed by atoms with Crippen molar-refractivity contribution in [3.63, 3.8) is 0 Å².